The Morgan fingerprint density at radius 1 is 0.565 bits per heavy atom. The van der Waals surface area contributed by atoms with Crippen molar-refractivity contribution in [3.8, 4) is 0 Å². The first-order chi connectivity index (χ1) is 29.6. The Labute approximate surface area is 357 Å². The number of carbonyl (C=O) groups is 8. The van der Waals surface area contributed by atoms with E-state index in [1.807, 2.05) is 0 Å². The van der Waals surface area contributed by atoms with Gasteiger partial charge in [0.05, 0.1) is 78.8 Å². The number of H-pyrrole nitrogens is 2. The van der Waals surface area contributed by atoms with E-state index < -0.39 is 59.5 Å². The topological polar surface area (TPSA) is 245 Å². The van der Waals surface area contributed by atoms with E-state index >= 15 is 4.79 Å². The number of allylic oxidation sites excluding steroid dienone is 1. The van der Waals surface area contributed by atoms with Gasteiger partial charge in [0.25, 0.3) is 0 Å². The second kappa shape index (κ2) is 22.1. The van der Waals surface area contributed by atoms with Crippen molar-refractivity contribution in [2.24, 2.45) is 4.99 Å². The Bertz CT molecular complexity index is 2250. The van der Waals surface area contributed by atoms with Gasteiger partial charge in [-0.05, 0) is 65.1 Å². The maximum absolute atomic E-state index is 15.1. The number of nitrogens with one attached hydrogen (secondary N) is 2. The molecule has 0 aliphatic carbocycles. The predicted molar refractivity (Wildman–Crippen MR) is 218 cm³/mol. The molecule has 0 saturated carbocycles. The molecule has 0 amide bonds. The van der Waals surface area contributed by atoms with E-state index in [4.69, 9.17) is 38.2 Å². The van der Waals surface area contributed by atoms with Crippen molar-refractivity contribution in [2.75, 3.05) is 42.7 Å². The van der Waals surface area contributed by atoms with Crippen molar-refractivity contribution in [2.45, 2.75) is 83.3 Å². The molecule has 1 unspecified atom stereocenters. The third-order valence-corrected chi connectivity index (χ3v) is 10.5. The van der Waals surface area contributed by atoms with Gasteiger partial charge in [-0.15, -0.1) is 0 Å². The van der Waals surface area contributed by atoms with Crippen LogP contribution in [0.4, 0.5) is 0 Å². The molecule has 3 heterocycles. The number of ketones is 1. The van der Waals surface area contributed by atoms with Gasteiger partial charge in [-0.1, -0.05) is 30.3 Å². The molecule has 2 N–H and O–H groups in total. The normalized spacial score (nSPS) is 14.2. The number of aromatic nitrogens is 2. The minimum atomic E-state index is -1.19. The molecule has 0 spiro atoms. The summed E-state index contributed by atoms with van der Waals surface area (Å²) < 4.78 is 35.2. The number of aromatic amines is 2. The Kier molecular flexibility index (Phi) is 17.1. The molecule has 1 aliphatic rings. The summed E-state index contributed by atoms with van der Waals surface area (Å²) in [6, 6.07) is 8.82. The third kappa shape index (κ3) is 11.9. The number of methoxy groups -OCH3 is 6. The number of esters is 7. The predicted octanol–water partition coefficient (Wildman–Crippen LogP) is 3.77. The van der Waals surface area contributed by atoms with Gasteiger partial charge >= 0.3 is 41.8 Å². The molecule has 332 valence electrons. The molecule has 4 rings (SSSR count). The fourth-order valence-corrected chi connectivity index (χ4v) is 7.19. The fourth-order valence-electron chi connectivity index (χ4n) is 7.19. The molecule has 3 aromatic rings. The Hall–Kier alpha value is -6.85. The van der Waals surface area contributed by atoms with E-state index in [2.05, 4.69) is 9.97 Å². The van der Waals surface area contributed by atoms with Crippen molar-refractivity contribution in [3.63, 3.8) is 0 Å². The van der Waals surface area contributed by atoms with Crippen LogP contribution in [0.5, 0.6) is 0 Å². The molecule has 0 bridgehead atoms. The largest absolute Gasteiger partial charge is 0.469 e. The number of benzene rings is 1. The smallest absolute Gasteiger partial charge is 0.355 e. The van der Waals surface area contributed by atoms with Gasteiger partial charge < -0.3 is 43.1 Å². The monoisotopic (exact) mass is 861 g/mol. The highest BCUT2D eigenvalue weighted by Crippen LogP contribution is 2.39. The van der Waals surface area contributed by atoms with Crippen molar-refractivity contribution in [1.29, 1.82) is 0 Å². The van der Waals surface area contributed by atoms with Gasteiger partial charge in [0, 0.05) is 37.6 Å². The maximum Gasteiger partial charge on any atom is 0.355 e. The summed E-state index contributed by atoms with van der Waals surface area (Å²) in [7, 11) is 7.23. The summed E-state index contributed by atoms with van der Waals surface area (Å²) in [4.78, 5) is 116. The standard InChI is InChI=1S/C44H51N3O15/c1-44(31(21-38(53)61-7)26(23-45-44)13-16-33(48)56-2)22-32-29(19-36(51)59-5)27(14-17-34(49)57-3)39(46-32)42(54)40-30(20-37(52)60-6)28(15-18-35(50)58-4)41(47-40)43(55)62-24-25-11-9-8-10-12-25/h8-12,23,46-47H,13-22,24H2,1-7H3. The quantitative estimate of drug-likeness (QED) is 0.0830. The molecule has 1 aliphatic heterocycles. The van der Waals surface area contributed by atoms with Crippen molar-refractivity contribution >= 4 is 53.8 Å². The zero-order chi connectivity index (χ0) is 45.6. The highest BCUT2D eigenvalue weighted by molar-refractivity contribution is 6.11. The van der Waals surface area contributed by atoms with Crippen LogP contribution in [0, 0.1) is 0 Å². The molecule has 0 fully saturated rings. The average Bonchev–Trinajstić information content (AvgIpc) is 3.92. The van der Waals surface area contributed by atoms with E-state index in [1.54, 1.807) is 43.5 Å². The van der Waals surface area contributed by atoms with Crippen molar-refractivity contribution < 1.29 is 71.5 Å². The molecule has 62 heavy (non-hydrogen) atoms. The summed E-state index contributed by atoms with van der Waals surface area (Å²) in [6.45, 7) is 1.60. The van der Waals surface area contributed by atoms with Crippen molar-refractivity contribution in [3.05, 3.63) is 92.1 Å². The van der Waals surface area contributed by atoms with E-state index in [0.29, 0.717) is 22.4 Å². The average molecular weight is 862 g/mol. The SMILES string of the molecule is COC(=O)CCC1=C(CC(=O)OC)C(C)(Cc2[nH]c(C(=O)c3[nH]c(C(=O)OCc4ccccc4)c(CCC(=O)OC)c3CC(=O)OC)c(CCC(=O)OC)c2CC(=O)OC)N=C1. The lowest BCUT2D eigenvalue weighted by Crippen LogP contribution is -2.29. The van der Waals surface area contributed by atoms with Crippen LogP contribution in [0.25, 0.3) is 0 Å². The minimum Gasteiger partial charge on any atom is -0.469 e. The van der Waals surface area contributed by atoms with Crippen LogP contribution in [0.2, 0.25) is 0 Å². The lowest BCUT2D eigenvalue weighted by molar-refractivity contribution is -0.141. The van der Waals surface area contributed by atoms with Crippen molar-refractivity contribution in [1.82, 2.24) is 9.97 Å². The number of carbonyl (C=O) groups excluding carboxylic acids is 8. The Morgan fingerprint density at radius 2 is 1.05 bits per heavy atom. The lowest BCUT2D eigenvalue weighted by Gasteiger charge is -2.26. The van der Waals surface area contributed by atoms with E-state index in [0.717, 1.165) is 7.11 Å². The summed E-state index contributed by atoms with van der Waals surface area (Å²) in [6.07, 6.45) is -0.131. The fraction of sp³-hybridized carbons (Fsp3) is 0.432. The molecule has 0 radical (unpaired) electrons. The van der Waals surface area contributed by atoms with E-state index in [1.165, 1.54) is 35.5 Å². The van der Waals surface area contributed by atoms with Gasteiger partial charge in [0.15, 0.2) is 0 Å². The minimum absolute atomic E-state index is 0.00151. The van der Waals surface area contributed by atoms with Gasteiger partial charge in [0.1, 0.15) is 12.3 Å². The first-order valence-electron chi connectivity index (χ1n) is 19.5. The van der Waals surface area contributed by atoms with E-state index in [9.17, 15) is 33.6 Å². The summed E-state index contributed by atoms with van der Waals surface area (Å²) in [5.41, 5.74) is 1.03. The number of hydrogen-bond donors (Lipinski definition) is 2. The van der Waals surface area contributed by atoms with E-state index in [-0.39, 0.29) is 104 Å². The molecule has 0 saturated heterocycles. The second-order valence-corrected chi connectivity index (χ2v) is 14.4. The van der Waals surface area contributed by atoms with Crippen LogP contribution in [0.3, 0.4) is 0 Å². The summed E-state index contributed by atoms with van der Waals surface area (Å²) >= 11 is 0. The van der Waals surface area contributed by atoms with Gasteiger partial charge in [-0.3, -0.25) is 38.6 Å². The number of rotatable bonds is 22. The molecule has 2 aromatic heterocycles. The molecule has 18 heteroatoms. The van der Waals surface area contributed by atoms with Gasteiger partial charge in [-0.25, -0.2) is 4.79 Å². The number of nitrogens with zero attached hydrogens (tertiary/aromatic N) is 1. The van der Waals surface area contributed by atoms with Gasteiger partial charge in [0.2, 0.25) is 5.78 Å². The number of hydrogen-bond acceptors (Lipinski definition) is 16. The molecular weight excluding hydrogens is 810 g/mol. The first kappa shape index (κ1) is 47.8. The molecule has 18 nitrogen and oxygen atoms in total. The Morgan fingerprint density at radius 3 is 1.60 bits per heavy atom. The van der Waals surface area contributed by atoms with Crippen LogP contribution in [-0.4, -0.2) is 112 Å². The van der Waals surface area contributed by atoms with Gasteiger partial charge in [-0.2, -0.15) is 0 Å². The van der Waals surface area contributed by atoms with Crippen LogP contribution in [0.1, 0.15) is 99.2 Å². The second-order valence-electron chi connectivity index (χ2n) is 14.4. The highest BCUT2D eigenvalue weighted by Gasteiger charge is 2.39. The molecule has 1 atom stereocenters. The van der Waals surface area contributed by atoms with Crippen LogP contribution in [-0.2, 0) is 101 Å². The maximum atomic E-state index is 15.1. The zero-order valence-electron chi connectivity index (χ0n) is 35.8. The number of aliphatic imine (C=N–C) groups is 1. The molecular formula is C44H51N3O15. The third-order valence-electron chi connectivity index (χ3n) is 10.5. The lowest BCUT2D eigenvalue weighted by atomic mass is 9.83. The Balaban J connectivity index is 1.96. The first-order valence-corrected chi connectivity index (χ1v) is 19.5. The summed E-state index contributed by atoms with van der Waals surface area (Å²) in [5, 5.41) is 0. The van der Waals surface area contributed by atoms with Crippen LogP contribution in [0.15, 0.2) is 46.5 Å². The number of ether oxygens (including phenoxy) is 7. The van der Waals surface area contributed by atoms with Crippen LogP contribution < -0.4 is 0 Å². The zero-order valence-corrected chi connectivity index (χ0v) is 35.8. The highest BCUT2D eigenvalue weighted by atomic mass is 16.5. The van der Waals surface area contributed by atoms with Crippen LogP contribution >= 0.6 is 0 Å². The molecule has 1 aromatic carbocycles. The summed E-state index contributed by atoms with van der Waals surface area (Å²) in [5.74, 6) is -5.43.